The molecule has 2 unspecified atom stereocenters. The molecule has 0 aliphatic rings. The van der Waals surface area contributed by atoms with Gasteiger partial charge in [-0.05, 0) is 45.6 Å². The van der Waals surface area contributed by atoms with Crippen molar-refractivity contribution in [1.29, 1.82) is 0 Å². The SMILES string of the molecule is COc1c(C)cc(Cl)cc1C(C(C)N)N(C)C. The van der Waals surface area contributed by atoms with Crippen LogP contribution in [0.25, 0.3) is 0 Å². The highest BCUT2D eigenvalue weighted by Gasteiger charge is 2.23. The highest BCUT2D eigenvalue weighted by Crippen LogP contribution is 2.35. The fourth-order valence-corrected chi connectivity index (χ4v) is 2.57. The maximum absolute atomic E-state index is 6.12. The van der Waals surface area contributed by atoms with Crippen LogP contribution < -0.4 is 10.5 Å². The summed E-state index contributed by atoms with van der Waals surface area (Å²) in [6, 6.07) is 3.92. The second kappa shape index (κ2) is 5.71. The van der Waals surface area contributed by atoms with Gasteiger partial charge in [-0.25, -0.2) is 0 Å². The first-order valence-corrected chi connectivity index (χ1v) is 6.02. The number of nitrogens with zero attached hydrogens (tertiary/aromatic N) is 1. The van der Waals surface area contributed by atoms with Crippen LogP contribution in [0.3, 0.4) is 0 Å². The molecule has 0 fully saturated rings. The Hall–Kier alpha value is -0.770. The van der Waals surface area contributed by atoms with Crippen molar-refractivity contribution in [2.24, 2.45) is 5.73 Å². The topological polar surface area (TPSA) is 38.5 Å². The smallest absolute Gasteiger partial charge is 0.126 e. The molecule has 96 valence electrons. The summed E-state index contributed by atoms with van der Waals surface area (Å²) in [7, 11) is 5.68. The van der Waals surface area contributed by atoms with Gasteiger partial charge in [0, 0.05) is 16.6 Å². The van der Waals surface area contributed by atoms with Crippen molar-refractivity contribution in [2.75, 3.05) is 21.2 Å². The molecule has 17 heavy (non-hydrogen) atoms. The molecule has 1 aromatic rings. The van der Waals surface area contributed by atoms with E-state index in [4.69, 9.17) is 22.1 Å². The molecule has 0 radical (unpaired) electrons. The van der Waals surface area contributed by atoms with E-state index < -0.39 is 0 Å². The summed E-state index contributed by atoms with van der Waals surface area (Å²) >= 11 is 6.12. The van der Waals surface area contributed by atoms with E-state index in [1.54, 1.807) is 7.11 Å². The van der Waals surface area contributed by atoms with E-state index in [1.165, 1.54) is 0 Å². The number of nitrogens with two attached hydrogens (primary N) is 1. The molecule has 0 saturated carbocycles. The molecule has 0 amide bonds. The molecule has 0 bridgehead atoms. The number of aryl methyl sites for hydroxylation is 1. The second-order valence-corrected chi connectivity index (χ2v) is 5.05. The van der Waals surface area contributed by atoms with Gasteiger partial charge in [-0.1, -0.05) is 11.6 Å². The lowest BCUT2D eigenvalue weighted by Crippen LogP contribution is -2.35. The van der Waals surface area contributed by atoms with Crippen LogP contribution in [-0.4, -0.2) is 32.1 Å². The summed E-state index contributed by atoms with van der Waals surface area (Å²) in [4.78, 5) is 2.08. The molecule has 2 N–H and O–H groups in total. The van der Waals surface area contributed by atoms with E-state index in [0.29, 0.717) is 5.02 Å². The fraction of sp³-hybridized carbons (Fsp3) is 0.538. The van der Waals surface area contributed by atoms with Crippen molar-refractivity contribution in [1.82, 2.24) is 4.90 Å². The van der Waals surface area contributed by atoms with Gasteiger partial charge in [0.15, 0.2) is 0 Å². The maximum Gasteiger partial charge on any atom is 0.126 e. The van der Waals surface area contributed by atoms with Gasteiger partial charge in [0.1, 0.15) is 5.75 Å². The lowest BCUT2D eigenvalue weighted by Gasteiger charge is -2.30. The monoisotopic (exact) mass is 256 g/mol. The Balaban J connectivity index is 3.36. The Morgan fingerprint density at radius 2 is 1.94 bits per heavy atom. The normalized spacial score (nSPS) is 14.8. The van der Waals surface area contributed by atoms with Crippen molar-refractivity contribution < 1.29 is 4.74 Å². The first-order chi connectivity index (χ1) is 7.88. The Labute approximate surface area is 109 Å². The first kappa shape index (κ1) is 14.3. The third-order valence-electron chi connectivity index (χ3n) is 2.85. The van der Waals surface area contributed by atoms with Crippen LogP contribution in [0.4, 0.5) is 0 Å². The van der Waals surface area contributed by atoms with Crippen LogP contribution in [0.1, 0.15) is 24.1 Å². The van der Waals surface area contributed by atoms with Gasteiger partial charge in [0.25, 0.3) is 0 Å². The van der Waals surface area contributed by atoms with Crippen molar-refractivity contribution >= 4 is 11.6 Å². The largest absolute Gasteiger partial charge is 0.496 e. The Bertz CT molecular complexity index is 383. The number of likely N-dealkylation sites (N-methyl/N-ethyl adjacent to an activating group) is 1. The summed E-state index contributed by atoms with van der Waals surface area (Å²) in [5.41, 5.74) is 8.12. The van der Waals surface area contributed by atoms with Crippen LogP contribution in [-0.2, 0) is 0 Å². The lowest BCUT2D eigenvalue weighted by atomic mass is 9.97. The summed E-state index contributed by atoms with van der Waals surface area (Å²) in [5, 5.41) is 0.714. The van der Waals surface area contributed by atoms with Gasteiger partial charge in [0.2, 0.25) is 0 Å². The number of hydrogen-bond donors (Lipinski definition) is 1. The first-order valence-electron chi connectivity index (χ1n) is 5.64. The van der Waals surface area contributed by atoms with Gasteiger partial charge < -0.3 is 15.4 Å². The molecule has 3 nitrogen and oxygen atoms in total. The molecule has 2 atom stereocenters. The Morgan fingerprint density at radius 3 is 2.35 bits per heavy atom. The van der Waals surface area contributed by atoms with Crippen LogP contribution >= 0.6 is 11.6 Å². The predicted molar refractivity (Wildman–Crippen MR) is 72.8 cm³/mol. The van der Waals surface area contributed by atoms with E-state index >= 15 is 0 Å². The molecule has 1 rings (SSSR count). The van der Waals surface area contributed by atoms with Gasteiger partial charge in [-0.2, -0.15) is 0 Å². The van der Waals surface area contributed by atoms with Gasteiger partial charge >= 0.3 is 0 Å². The molecule has 1 aromatic carbocycles. The zero-order valence-electron chi connectivity index (χ0n) is 11.1. The van der Waals surface area contributed by atoms with E-state index in [2.05, 4.69) is 4.90 Å². The molecular weight excluding hydrogens is 236 g/mol. The van der Waals surface area contributed by atoms with Gasteiger partial charge in [-0.3, -0.25) is 0 Å². The zero-order valence-corrected chi connectivity index (χ0v) is 11.9. The maximum atomic E-state index is 6.12. The van der Waals surface area contributed by atoms with Crippen LogP contribution in [0, 0.1) is 6.92 Å². The number of benzene rings is 1. The Morgan fingerprint density at radius 1 is 1.35 bits per heavy atom. The fourth-order valence-electron chi connectivity index (χ4n) is 2.29. The van der Waals surface area contributed by atoms with E-state index in [1.807, 2.05) is 40.1 Å². The van der Waals surface area contributed by atoms with Crippen molar-refractivity contribution in [3.05, 3.63) is 28.3 Å². The highest BCUT2D eigenvalue weighted by molar-refractivity contribution is 6.30. The third kappa shape index (κ3) is 3.12. The molecule has 0 spiro atoms. The van der Waals surface area contributed by atoms with Crippen LogP contribution in [0.5, 0.6) is 5.75 Å². The number of halogens is 1. The summed E-state index contributed by atoms with van der Waals surface area (Å²) in [6.07, 6.45) is 0. The molecule has 0 heterocycles. The zero-order chi connectivity index (χ0) is 13.2. The molecular formula is C13H21ClN2O. The molecule has 0 aliphatic heterocycles. The van der Waals surface area contributed by atoms with Crippen LogP contribution in [0.15, 0.2) is 12.1 Å². The summed E-state index contributed by atoms with van der Waals surface area (Å²) < 4.78 is 5.47. The quantitative estimate of drug-likeness (QED) is 0.900. The molecule has 4 heteroatoms. The molecule has 0 saturated heterocycles. The summed E-state index contributed by atoms with van der Waals surface area (Å²) in [6.45, 7) is 3.97. The van der Waals surface area contributed by atoms with E-state index in [9.17, 15) is 0 Å². The number of rotatable bonds is 4. The molecule has 0 aromatic heterocycles. The van der Waals surface area contributed by atoms with Gasteiger partial charge in [0.05, 0.1) is 13.2 Å². The van der Waals surface area contributed by atoms with Crippen molar-refractivity contribution in [3.8, 4) is 5.75 Å². The average molecular weight is 257 g/mol. The van der Waals surface area contributed by atoms with E-state index in [0.717, 1.165) is 16.9 Å². The van der Waals surface area contributed by atoms with E-state index in [-0.39, 0.29) is 12.1 Å². The predicted octanol–water partition coefficient (Wildman–Crippen LogP) is 2.61. The minimum atomic E-state index is -0.00299. The average Bonchev–Trinajstić information content (AvgIpc) is 2.15. The number of methoxy groups -OCH3 is 1. The minimum absolute atomic E-state index is 0.00299. The standard InChI is InChI=1S/C13H21ClN2O/c1-8-6-10(14)7-11(13(8)17-5)12(9(2)15)16(3)4/h6-7,9,12H,15H2,1-5H3. The van der Waals surface area contributed by atoms with Crippen LogP contribution in [0.2, 0.25) is 5.02 Å². The minimum Gasteiger partial charge on any atom is -0.496 e. The highest BCUT2D eigenvalue weighted by atomic mass is 35.5. The van der Waals surface area contributed by atoms with Gasteiger partial charge in [-0.15, -0.1) is 0 Å². The number of hydrogen-bond acceptors (Lipinski definition) is 3. The molecule has 0 aliphatic carbocycles. The lowest BCUT2D eigenvalue weighted by molar-refractivity contribution is 0.258. The van der Waals surface area contributed by atoms with Crippen molar-refractivity contribution in [3.63, 3.8) is 0 Å². The Kier molecular flexibility index (Phi) is 4.80. The summed E-state index contributed by atoms with van der Waals surface area (Å²) in [5.74, 6) is 0.866. The van der Waals surface area contributed by atoms with Crippen molar-refractivity contribution in [2.45, 2.75) is 25.9 Å². The third-order valence-corrected chi connectivity index (χ3v) is 3.06. The second-order valence-electron chi connectivity index (χ2n) is 4.61. The number of ether oxygens (including phenoxy) is 1.